The summed E-state index contributed by atoms with van der Waals surface area (Å²) in [5, 5.41) is 17.7. The van der Waals surface area contributed by atoms with Crippen LogP contribution in [0.4, 0.5) is 0 Å². The zero-order valence-electron chi connectivity index (χ0n) is 11.3. The van der Waals surface area contributed by atoms with Crippen LogP contribution in [-0.2, 0) is 0 Å². The highest BCUT2D eigenvalue weighted by Crippen LogP contribution is 2.40. The molecular formula is C14H23BO2. The fourth-order valence-corrected chi connectivity index (χ4v) is 2.52. The van der Waals surface area contributed by atoms with Gasteiger partial charge in [0.15, 0.2) is 0 Å². The van der Waals surface area contributed by atoms with Gasteiger partial charge >= 0.3 is 7.12 Å². The summed E-state index contributed by atoms with van der Waals surface area (Å²) in [7, 11) is -1.37. The van der Waals surface area contributed by atoms with E-state index in [1.165, 1.54) is 36.4 Å². The van der Waals surface area contributed by atoms with E-state index >= 15 is 0 Å². The molecule has 0 spiro atoms. The van der Waals surface area contributed by atoms with Gasteiger partial charge in [-0.15, -0.1) is 0 Å². The molecule has 0 unspecified atom stereocenters. The van der Waals surface area contributed by atoms with Crippen LogP contribution in [0.3, 0.4) is 0 Å². The second-order valence-corrected chi connectivity index (χ2v) is 5.59. The van der Waals surface area contributed by atoms with Crippen molar-refractivity contribution in [3.8, 4) is 0 Å². The summed E-state index contributed by atoms with van der Waals surface area (Å²) >= 11 is 0. The van der Waals surface area contributed by atoms with E-state index in [1.54, 1.807) is 0 Å². The van der Waals surface area contributed by atoms with Crippen molar-refractivity contribution in [1.82, 2.24) is 0 Å². The summed E-state index contributed by atoms with van der Waals surface area (Å²) in [6.07, 6.45) is 7.75. The summed E-state index contributed by atoms with van der Waals surface area (Å²) in [6, 6.07) is 0. The van der Waals surface area contributed by atoms with E-state index < -0.39 is 7.12 Å². The molecule has 0 aromatic carbocycles. The van der Waals surface area contributed by atoms with Crippen LogP contribution in [0.25, 0.3) is 0 Å². The Kier molecular flexibility index (Phi) is 4.78. The van der Waals surface area contributed by atoms with Crippen LogP contribution in [0.5, 0.6) is 0 Å². The summed E-state index contributed by atoms with van der Waals surface area (Å²) in [5.41, 5.74) is 3.96. The Morgan fingerprint density at radius 1 is 1.35 bits per heavy atom. The van der Waals surface area contributed by atoms with Gasteiger partial charge in [-0.2, -0.15) is 0 Å². The SMILES string of the molecule is CC1=C(/C=C/C(C)=C/B(O)O)C(C)(C)CCC1. The summed E-state index contributed by atoms with van der Waals surface area (Å²) in [6.45, 7) is 8.62. The Morgan fingerprint density at radius 2 is 2.00 bits per heavy atom. The van der Waals surface area contributed by atoms with Crippen LogP contribution < -0.4 is 0 Å². The molecule has 0 atom stereocenters. The van der Waals surface area contributed by atoms with Crippen molar-refractivity contribution in [2.45, 2.75) is 47.0 Å². The predicted octanol–water partition coefficient (Wildman–Crippen LogP) is 3.03. The molecule has 2 N–H and O–H groups in total. The normalized spacial score (nSPS) is 21.2. The molecule has 1 rings (SSSR count). The Labute approximate surface area is 105 Å². The van der Waals surface area contributed by atoms with Crippen molar-refractivity contribution in [3.63, 3.8) is 0 Å². The quantitative estimate of drug-likeness (QED) is 0.582. The van der Waals surface area contributed by atoms with Crippen molar-refractivity contribution in [2.75, 3.05) is 0 Å². The first-order valence-electron chi connectivity index (χ1n) is 6.26. The van der Waals surface area contributed by atoms with E-state index in [4.69, 9.17) is 10.0 Å². The summed E-state index contributed by atoms with van der Waals surface area (Å²) in [4.78, 5) is 0. The Bertz CT molecular complexity index is 362. The van der Waals surface area contributed by atoms with Gasteiger partial charge < -0.3 is 10.0 Å². The van der Waals surface area contributed by atoms with Crippen LogP contribution >= 0.6 is 0 Å². The third-order valence-corrected chi connectivity index (χ3v) is 3.47. The van der Waals surface area contributed by atoms with E-state index in [0.29, 0.717) is 0 Å². The summed E-state index contributed by atoms with van der Waals surface area (Å²) < 4.78 is 0. The molecular weight excluding hydrogens is 211 g/mol. The zero-order chi connectivity index (χ0) is 13.1. The van der Waals surface area contributed by atoms with E-state index in [1.807, 2.05) is 13.0 Å². The van der Waals surface area contributed by atoms with Crippen LogP contribution in [0.15, 0.2) is 34.8 Å². The van der Waals surface area contributed by atoms with Gasteiger partial charge in [-0.05, 0) is 44.1 Å². The highest BCUT2D eigenvalue weighted by atomic mass is 16.4. The molecule has 0 saturated carbocycles. The van der Waals surface area contributed by atoms with Gasteiger partial charge in [-0.1, -0.05) is 43.1 Å². The number of hydrogen-bond acceptors (Lipinski definition) is 2. The topological polar surface area (TPSA) is 40.5 Å². The monoisotopic (exact) mass is 234 g/mol. The molecule has 0 aromatic heterocycles. The van der Waals surface area contributed by atoms with E-state index in [2.05, 4.69) is 26.8 Å². The first kappa shape index (κ1) is 14.3. The molecule has 0 aliphatic heterocycles. The molecule has 0 fully saturated rings. The van der Waals surface area contributed by atoms with E-state index in [0.717, 1.165) is 5.57 Å². The second kappa shape index (κ2) is 5.70. The van der Waals surface area contributed by atoms with Crippen LogP contribution in [0.2, 0.25) is 0 Å². The third kappa shape index (κ3) is 4.17. The van der Waals surface area contributed by atoms with E-state index in [-0.39, 0.29) is 5.41 Å². The molecule has 17 heavy (non-hydrogen) atoms. The number of allylic oxidation sites excluding steroid dienone is 5. The predicted molar refractivity (Wildman–Crippen MR) is 73.4 cm³/mol. The largest absolute Gasteiger partial charge is 0.480 e. The smallest absolute Gasteiger partial charge is 0.424 e. The lowest BCUT2D eigenvalue weighted by Crippen LogP contribution is -2.19. The molecule has 0 radical (unpaired) electrons. The average molecular weight is 234 g/mol. The maximum absolute atomic E-state index is 8.85. The molecule has 3 heteroatoms. The van der Waals surface area contributed by atoms with Crippen molar-refractivity contribution in [1.29, 1.82) is 0 Å². The number of rotatable bonds is 3. The van der Waals surface area contributed by atoms with Gasteiger partial charge in [0.05, 0.1) is 0 Å². The molecule has 0 heterocycles. The molecule has 0 amide bonds. The minimum atomic E-state index is -1.37. The van der Waals surface area contributed by atoms with Crippen LogP contribution in [0.1, 0.15) is 47.0 Å². The van der Waals surface area contributed by atoms with E-state index in [9.17, 15) is 0 Å². The van der Waals surface area contributed by atoms with Gasteiger partial charge in [0.25, 0.3) is 0 Å². The second-order valence-electron chi connectivity index (χ2n) is 5.59. The highest BCUT2D eigenvalue weighted by Gasteiger charge is 2.26. The lowest BCUT2D eigenvalue weighted by atomic mass is 9.72. The standard InChI is InChI=1S/C14H23BO2/c1-11(10-15(16)17)7-8-13-12(2)6-5-9-14(13,3)4/h7-8,10,16-17H,5-6,9H2,1-4H3/b8-7+,11-10+. The minimum Gasteiger partial charge on any atom is -0.424 e. The average Bonchev–Trinajstić information content (AvgIpc) is 2.14. The molecule has 94 valence electrons. The van der Waals surface area contributed by atoms with Crippen LogP contribution in [-0.4, -0.2) is 17.2 Å². The van der Waals surface area contributed by atoms with Crippen molar-refractivity contribution in [2.24, 2.45) is 5.41 Å². The fourth-order valence-electron chi connectivity index (χ4n) is 2.52. The minimum absolute atomic E-state index is 0.233. The fraction of sp³-hybridized carbons (Fsp3) is 0.571. The van der Waals surface area contributed by atoms with Crippen LogP contribution in [0, 0.1) is 5.41 Å². The third-order valence-electron chi connectivity index (χ3n) is 3.47. The van der Waals surface area contributed by atoms with Crippen molar-refractivity contribution in [3.05, 3.63) is 34.8 Å². The molecule has 0 aromatic rings. The first-order chi connectivity index (χ1) is 7.83. The Hall–Kier alpha value is -0.795. The Morgan fingerprint density at radius 3 is 2.53 bits per heavy atom. The molecule has 2 nitrogen and oxygen atoms in total. The van der Waals surface area contributed by atoms with Gasteiger partial charge in [-0.3, -0.25) is 0 Å². The summed E-state index contributed by atoms with van der Waals surface area (Å²) in [5.74, 6) is 1.43. The van der Waals surface area contributed by atoms with Crippen molar-refractivity contribution < 1.29 is 10.0 Å². The zero-order valence-corrected chi connectivity index (χ0v) is 11.3. The van der Waals surface area contributed by atoms with Gasteiger partial charge in [0.2, 0.25) is 0 Å². The first-order valence-corrected chi connectivity index (χ1v) is 6.26. The number of hydrogen-bond donors (Lipinski definition) is 2. The molecule has 0 bridgehead atoms. The maximum atomic E-state index is 8.85. The Balaban J connectivity index is 2.89. The molecule has 1 aliphatic rings. The van der Waals surface area contributed by atoms with Crippen molar-refractivity contribution >= 4 is 7.12 Å². The highest BCUT2D eigenvalue weighted by molar-refractivity contribution is 6.47. The van der Waals surface area contributed by atoms with Gasteiger partial charge in [0, 0.05) is 0 Å². The molecule has 0 saturated heterocycles. The van der Waals surface area contributed by atoms with Gasteiger partial charge in [-0.25, -0.2) is 0 Å². The molecule has 1 aliphatic carbocycles. The lowest BCUT2D eigenvalue weighted by Gasteiger charge is -2.32. The lowest BCUT2D eigenvalue weighted by molar-refractivity contribution is 0.377. The van der Waals surface area contributed by atoms with Gasteiger partial charge in [0.1, 0.15) is 0 Å². The maximum Gasteiger partial charge on any atom is 0.480 e.